The minimum atomic E-state index is -0.557. The molecular formula is C21H19N3O3. The quantitative estimate of drug-likeness (QED) is 0.400. The Labute approximate surface area is 156 Å². The second-order valence-electron chi connectivity index (χ2n) is 6.17. The van der Waals surface area contributed by atoms with Gasteiger partial charge in [-0.1, -0.05) is 42.0 Å². The summed E-state index contributed by atoms with van der Waals surface area (Å²) in [6.45, 7) is 2.35. The van der Waals surface area contributed by atoms with Gasteiger partial charge in [0, 0.05) is 17.5 Å². The molecule has 6 heteroatoms. The topological polar surface area (TPSA) is 82.5 Å². The van der Waals surface area contributed by atoms with Crippen LogP contribution < -0.4 is 10.4 Å². The Morgan fingerprint density at radius 1 is 1.19 bits per heavy atom. The Balaban J connectivity index is 1.77. The number of nitrogens with zero attached hydrogens (tertiary/aromatic N) is 2. The highest BCUT2D eigenvalue weighted by atomic mass is 16.5. The van der Waals surface area contributed by atoms with Gasteiger partial charge in [-0.25, -0.2) is 5.48 Å². The van der Waals surface area contributed by atoms with Crippen LogP contribution in [-0.4, -0.2) is 29.1 Å². The van der Waals surface area contributed by atoms with Gasteiger partial charge in [-0.3, -0.25) is 19.8 Å². The van der Waals surface area contributed by atoms with Crippen molar-refractivity contribution >= 4 is 35.0 Å². The van der Waals surface area contributed by atoms with Gasteiger partial charge in [-0.15, -0.1) is 0 Å². The third-order valence-corrected chi connectivity index (χ3v) is 4.14. The smallest absolute Gasteiger partial charge is 0.274 e. The molecule has 0 aliphatic rings. The summed E-state index contributed by atoms with van der Waals surface area (Å²) in [5, 5.41) is 9.62. The molecule has 1 heterocycles. The number of hydroxylamine groups is 1. The highest BCUT2D eigenvalue weighted by Crippen LogP contribution is 2.20. The van der Waals surface area contributed by atoms with Crippen LogP contribution in [0.5, 0.6) is 0 Å². The molecule has 2 amide bonds. The van der Waals surface area contributed by atoms with E-state index in [1.54, 1.807) is 40.8 Å². The number of para-hydroxylation sites is 1. The third-order valence-electron chi connectivity index (χ3n) is 4.14. The molecule has 0 saturated heterocycles. The molecule has 1 aromatic heterocycles. The van der Waals surface area contributed by atoms with Crippen LogP contribution in [0.3, 0.4) is 0 Å². The number of carbonyl (C=O) groups is 2. The number of benzene rings is 2. The SMILES string of the molecule is CC(=Cc1ccc(C(=O)NO)cc1)CN(C=O)c1cnc2ccccc2c1. The summed E-state index contributed by atoms with van der Waals surface area (Å²) < 4.78 is 0. The lowest BCUT2D eigenvalue weighted by molar-refractivity contribution is -0.107. The Hall–Kier alpha value is -3.51. The van der Waals surface area contributed by atoms with E-state index in [0.29, 0.717) is 12.1 Å². The van der Waals surface area contributed by atoms with Crippen LogP contribution in [0, 0.1) is 0 Å². The molecular weight excluding hydrogens is 342 g/mol. The summed E-state index contributed by atoms with van der Waals surface area (Å²) in [5.41, 5.74) is 5.43. The number of rotatable bonds is 6. The highest BCUT2D eigenvalue weighted by molar-refractivity contribution is 5.93. The van der Waals surface area contributed by atoms with Crippen molar-refractivity contribution in [2.75, 3.05) is 11.4 Å². The molecule has 0 aliphatic heterocycles. The van der Waals surface area contributed by atoms with E-state index in [0.717, 1.165) is 34.1 Å². The van der Waals surface area contributed by atoms with E-state index in [9.17, 15) is 9.59 Å². The van der Waals surface area contributed by atoms with Gasteiger partial charge in [0.15, 0.2) is 0 Å². The average Bonchev–Trinajstić information content (AvgIpc) is 2.71. The van der Waals surface area contributed by atoms with Gasteiger partial charge >= 0.3 is 0 Å². The summed E-state index contributed by atoms with van der Waals surface area (Å²) in [6.07, 6.45) is 4.41. The van der Waals surface area contributed by atoms with Crippen LogP contribution in [0.4, 0.5) is 5.69 Å². The van der Waals surface area contributed by atoms with Crippen LogP contribution in [-0.2, 0) is 4.79 Å². The molecule has 0 spiro atoms. The molecule has 136 valence electrons. The maximum atomic E-state index is 11.6. The fraction of sp³-hybridized carbons (Fsp3) is 0.0952. The van der Waals surface area contributed by atoms with Crippen molar-refractivity contribution < 1.29 is 14.8 Å². The molecule has 0 fully saturated rings. The minimum Gasteiger partial charge on any atom is -0.309 e. The predicted molar refractivity (Wildman–Crippen MR) is 104 cm³/mol. The van der Waals surface area contributed by atoms with Crippen molar-refractivity contribution in [2.24, 2.45) is 0 Å². The number of hydrogen-bond acceptors (Lipinski definition) is 4. The summed E-state index contributed by atoms with van der Waals surface area (Å²) >= 11 is 0. The van der Waals surface area contributed by atoms with E-state index >= 15 is 0 Å². The zero-order valence-electron chi connectivity index (χ0n) is 14.8. The van der Waals surface area contributed by atoms with Crippen molar-refractivity contribution in [3.8, 4) is 0 Å². The Morgan fingerprint density at radius 3 is 2.63 bits per heavy atom. The molecule has 0 unspecified atom stereocenters. The number of amides is 2. The van der Waals surface area contributed by atoms with Crippen LogP contribution in [0.2, 0.25) is 0 Å². The summed E-state index contributed by atoms with van der Waals surface area (Å²) in [4.78, 5) is 28.9. The first kappa shape index (κ1) is 18.3. The fourth-order valence-electron chi connectivity index (χ4n) is 2.80. The number of carbonyl (C=O) groups excluding carboxylic acids is 2. The van der Waals surface area contributed by atoms with Gasteiger partial charge in [-0.05, 0) is 36.8 Å². The summed E-state index contributed by atoms with van der Waals surface area (Å²) in [5.74, 6) is -0.557. The number of pyridine rings is 1. The molecule has 2 aromatic carbocycles. The van der Waals surface area contributed by atoms with Crippen molar-refractivity contribution in [3.05, 3.63) is 77.5 Å². The van der Waals surface area contributed by atoms with Gasteiger partial charge in [0.05, 0.1) is 17.4 Å². The van der Waals surface area contributed by atoms with Crippen LogP contribution in [0.25, 0.3) is 17.0 Å². The summed E-state index contributed by atoms with van der Waals surface area (Å²) in [6, 6.07) is 16.5. The van der Waals surface area contributed by atoms with Crippen molar-refractivity contribution in [3.63, 3.8) is 0 Å². The van der Waals surface area contributed by atoms with Gasteiger partial charge in [-0.2, -0.15) is 0 Å². The van der Waals surface area contributed by atoms with Gasteiger partial charge in [0.25, 0.3) is 5.91 Å². The minimum absolute atomic E-state index is 0.365. The Morgan fingerprint density at radius 2 is 1.93 bits per heavy atom. The van der Waals surface area contributed by atoms with E-state index in [1.807, 2.05) is 43.3 Å². The zero-order valence-corrected chi connectivity index (χ0v) is 14.8. The van der Waals surface area contributed by atoms with Crippen molar-refractivity contribution in [1.82, 2.24) is 10.5 Å². The average molecular weight is 361 g/mol. The second-order valence-corrected chi connectivity index (χ2v) is 6.17. The number of hydrogen-bond donors (Lipinski definition) is 2. The lowest BCUT2D eigenvalue weighted by Gasteiger charge is -2.18. The zero-order chi connectivity index (χ0) is 19.2. The monoisotopic (exact) mass is 361 g/mol. The fourth-order valence-corrected chi connectivity index (χ4v) is 2.80. The van der Waals surface area contributed by atoms with Crippen LogP contribution in [0.15, 0.2) is 66.4 Å². The van der Waals surface area contributed by atoms with E-state index in [1.165, 1.54) is 0 Å². The van der Waals surface area contributed by atoms with E-state index < -0.39 is 5.91 Å². The maximum Gasteiger partial charge on any atom is 0.274 e. The van der Waals surface area contributed by atoms with Crippen molar-refractivity contribution in [1.29, 1.82) is 0 Å². The van der Waals surface area contributed by atoms with Gasteiger partial charge in [0.2, 0.25) is 6.41 Å². The normalized spacial score (nSPS) is 11.3. The molecule has 6 nitrogen and oxygen atoms in total. The largest absolute Gasteiger partial charge is 0.309 e. The number of fused-ring (bicyclic) bond motifs is 1. The predicted octanol–water partition coefficient (Wildman–Crippen LogP) is 3.42. The van der Waals surface area contributed by atoms with Gasteiger partial charge < -0.3 is 4.90 Å². The lowest BCUT2D eigenvalue weighted by atomic mass is 10.1. The molecule has 0 atom stereocenters. The molecule has 0 bridgehead atoms. The maximum absolute atomic E-state index is 11.6. The number of anilines is 1. The van der Waals surface area contributed by atoms with E-state index in [-0.39, 0.29) is 0 Å². The van der Waals surface area contributed by atoms with Crippen molar-refractivity contribution in [2.45, 2.75) is 6.92 Å². The third kappa shape index (κ3) is 4.37. The first-order valence-electron chi connectivity index (χ1n) is 8.39. The Bertz CT molecular complexity index is 997. The molecule has 3 rings (SSSR count). The standard InChI is InChI=1S/C21H19N3O3/c1-15(10-16-6-8-17(9-7-16)21(26)23-27)13-24(14-25)19-11-18-4-2-3-5-20(18)22-12-19/h2-12,14,27H,13H2,1H3,(H,23,26). The number of nitrogens with one attached hydrogen (secondary N) is 1. The number of aromatic nitrogens is 1. The van der Waals surface area contributed by atoms with E-state index in [4.69, 9.17) is 5.21 Å². The first-order valence-corrected chi connectivity index (χ1v) is 8.39. The molecule has 2 N–H and O–H groups in total. The van der Waals surface area contributed by atoms with Crippen LogP contribution in [0.1, 0.15) is 22.8 Å². The highest BCUT2D eigenvalue weighted by Gasteiger charge is 2.08. The molecule has 27 heavy (non-hydrogen) atoms. The molecule has 3 aromatic rings. The van der Waals surface area contributed by atoms with Gasteiger partial charge in [0.1, 0.15) is 0 Å². The van der Waals surface area contributed by atoms with E-state index in [2.05, 4.69) is 4.98 Å². The molecule has 0 saturated carbocycles. The summed E-state index contributed by atoms with van der Waals surface area (Å²) in [7, 11) is 0. The molecule has 0 aliphatic carbocycles. The molecule has 0 radical (unpaired) electrons. The lowest BCUT2D eigenvalue weighted by Crippen LogP contribution is -2.23. The first-order chi connectivity index (χ1) is 13.1. The Kier molecular flexibility index (Phi) is 5.58. The second kappa shape index (κ2) is 8.25. The van der Waals surface area contributed by atoms with Crippen LogP contribution >= 0.6 is 0 Å².